The van der Waals surface area contributed by atoms with E-state index in [0.717, 1.165) is 23.9 Å². The third kappa shape index (κ3) is 5.99. The third-order valence-corrected chi connectivity index (χ3v) is 5.70. The molecule has 3 N–H and O–H groups in total. The van der Waals surface area contributed by atoms with Crippen LogP contribution < -0.4 is 10.6 Å². The van der Waals surface area contributed by atoms with E-state index in [1.165, 1.54) is 5.56 Å². The fourth-order valence-corrected chi connectivity index (χ4v) is 3.83. The molecule has 0 fully saturated rings. The van der Waals surface area contributed by atoms with E-state index in [0.29, 0.717) is 23.4 Å². The Hall–Kier alpha value is -3.64. The molecule has 0 saturated carbocycles. The van der Waals surface area contributed by atoms with E-state index in [2.05, 4.69) is 33.0 Å². The number of para-hydroxylation sites is 1. The molecular formula is C26H25ClN4O2. The lowest BCUT2D eigenvalue weighted by molar-refractivity contribution is -0.122. The first-order chi connectivity index (χ1) is 16.1. The van der Waals surface area contributed by atoms with Crippen molar-refractivity contribution in [3.8, 4) is 0 Å². The molecule has 2 amide bonds. The number of carbonyl (C=O) groups excluding carboxylic acids is 2. The summed E-state index contributed by atoms with van der Waals surface area (Å²) in [6.07, 6.45) is 2.02. The lowest BCUT2D eigenvalue weighted by Crippen LogP contribution is -2.48. The van der Waals surface area contributed by atoms with Gasteiger partial charge in [0.25, 0.3) is 5.91 Å². The molecule has 0 aliphatic heterocycles. The Labute approximate surface area is 197 Å². The first-order valence-corrected chi connectivity index (χ1v) is 11.3. The van der Waals surface area contributed by atoms with Gasteiger partial charge in [0.2, 0.25) is 5.91 Å². The number of aromatic nitrogens is 2. The predicted molar refractivity (Wildman–Crippen MR) is 130 cm³/mol. The van der Waals surface area contributed by atoms with Gasteiger partial charge < -0.3 is 10.6 Å². The molecule has 0 aliphatic carbocycles. The van der Waals surface area contributed by atoms with E-state index in [1.54, 1.807) is 12.1 Å². The summed E-state index contributed by atoms with van der Waals surface area (Å²) in [5.41, 5.74) is 3.16. The van der Waals surface area contributed by atoms with Gasteiger partial charge in [-0.25, -0.2) is 0 Å². The van der Waals surface area contributed by atoms with Crippen LogP contribution in [0.4, 0.5) is 0 Å². The molecule has 7 heteroatoms. The van der Waals surface area contributed by atoms with Crippen molar-refractivity contribution in [1.29, 1.82) is 0 Å². The lowest BCUT2D eigenvalue weighted by atomic mass is 10.0. The zero-order valence-corrected chi connectivity index (χ0v) is 18.8. The van der Waals surface area contributed by atoms with Crippen molar-refractivity contribution in [2.75, 3.05) is 6.54 Å². The number of benzene rings is 3. The van der Waals surface area contributed by atoms with Gasteiger partial charge in [-0.05, 0) is 42.2 Å². The standard InChI is InChI=1S/C26H25ClN4O2/c27-20-14-12-19(13-15-20)17-23(25(32)28-16-6-9-18-7-2-1-3-8-18)29-26(33)24-21-10-4-5-11-22(21)30-31-24/h1-5,7-8,10-15,23H,6,9,16-17H2,(H,28,32)(H,29,33)(H,30,31). The Kier molecular flexibility index (Phi) is 7.37. The fourth-order valence-electron chi connectivity index (χ4n) is 3.70. The molecule has 33 heavy (non-hydrogen) atoms. The molecule has 0 saturated heterocycles. The Morgan fingerprint density at radius 2 is 1.64 bits per heavy atom. The molecule has 3 aromatic carbocycles. The number of hydrogen-bond donors (Lipinski definition) is 3. The number of amides is 2. The molecule has 168 valence electrons. The maximum absolute atomic E-state index is 13.0. The number of aryl methyl sites for hydroxylation is 1. The molecule has 0 radical (unpaired) electrons. The lowest BCUT2D eigenvalue weighted by Gasteiger charge is -2.18. The van der Waals surface area contributed by atoms with E-state index in [1.807, 2.05) is 54.6 Å². The first kappa shape index (κ1) is 22.6. The second kappa shape index (κ2) is 10.8. The summed E-state index contributed by atoms with van der Waals surface area (Å²) in [6, 6.07) is 24.0. The van der Waals surface area contributed by atoms with Gasteiger partial charge in [-0.2, -0.15) is 5.10 Å². The van der Waals surface area contributed by atoms with E-state index < -0.39 is 11.9 Å². The summed E-state index contributed by atoms with van der Waals surface area (Å²) < 4.78 is 0. The highest BCUT2D eigenvalue weighted by atomic mass is 35.5. The van der Waals surface area contributed by atoms with Crippen LogP contribution in [0, 0.1) is 0 Å². The average Bonchev–Trinajstić information content (AvgIpc) is 3.28. The van der Waals surface area contributed by atoms with Crippen molar-refractivity contribution in [2.24, 2.45) is 0 Å². The summed E-state index contributed by atoms with van der Waals surface area (Å²) >= 11 is 5.99. The van der Waals surface area contributed by atoms with Gasteiger partial charge in [0.05, 0.1) is 5.52 Å². The molecule has 1 aromatic heterocycles. The Balaban J connectivity index is 1.43. The molecule has 1 unspecified atom stereocenters. The second-order valence-corrected chi connectivity index (χ2v) is 8.29. The minimum Gasteiger partial charge on any atom is -0.354 e. The molecule has 0 spiro atoms. The van der Waals surface area contributed by atoms with Gasteiger partial charge in [0, 0.05) is 23.4 Å². The van der Waals surface area contributed by atoms with Crippen LogP contribution in [0.3, 0.4) is 0 Å². The summed E-state index contributed by atoms with van der Waals surface area (Å²) in [4.78, 5) is 26.0. The highest BCUT2D eigenvalue weighted by Gasteiger charge is 2.24. The van der Waals surface area contributed by atoms with Crippen LogP contribution in [0.2, 0.25) is 5.02 Å². The predicted octanol–water partition coefficient (Wildman–Crippen LogP) is 4.31. The summed E-state index contributed by atoms with van der Waals surface area (Å²) in [5, 5.41) is 14.2. The number of aromatic amines is 1. The van der Waals surface area contributed by atoms with Crippen LogP contribution in [-0.2, 0) is 17.6 Å². The van der Waals surface area contributed by atoms with Gasteiger partial charge in [0.15, 0.2) is 5.69 Å². The number of rotatable bonds is 9. The highest BCUT2D eigenvalue weighted by molar-refractivity contribution is 6.30. The SMILES string of the molecule is O=C(NC(Cc1ccc(Cl)cc1)C(=O)NCCCc1ccccc1)c1n[nH]c2ccccc12. The Bertz CT molecular complexity index is 1220. The largest absolute Gasteiger partial charge is 0.354 e. The van der Waals surface area contributed by atoms with Gasteiger partial charge in [-0.15, -0.1) is 0 Å². The zero-order valence-electron chi connectivity index (χ0n) is 18.1. The fraction of sp³-hybridized carbons (Fsp3) is 0.192. The van der Waals surface area contributed by atoms with E-state index in [9.17, 15) is 9.59 Å². The quantitative estimate of drug-likeness (QED) is 0.325. The number of fused-ring (bicyclic) bond motifs is 1. The molecule has 0 aliphatic rings. The second-order valence-electron chi connectivity index (χ2n) is 7.85. The number of nitrogens with one attached hydrogen (secondary N) is 3. The van der Waals surface area contributed by atoms with Crippen molar-refractivity contribution in [1.82, 2.24) is 20.8 Å². The Morgan fingerprint density at radius 1 is 0.909 bits per heavy atom. The molecule has 4 rings (SSSR count). The minimum atomic E-state index is -0.745. The van der Waals surface area contributed by atoms with Gasteiger partial charge in [-0.3, -0.25) is 14.7 Å². The van der Waals surface area contributed by atoms with Crippen molar-refractivity contribution in [3.63, 3.8) is 0 Å². The number of carbonyl (C=O) groups is 2. The number of halogens is 1. The minimum absolute atomic E-state index is 0.230. The number of nitrogens with zero attached hydrogens (tertiary/aromatic N) is 1. The molecule has 1 heterocycles. The normalized spacial score (nSPS) is 11.8. The van der Waals surface area contributed by atoms with Gasteiger partial charge in [-0.1, -0.05) is 72.3 Å². The van der Waals surface area contributed by atoms with Crippen molar-refractivity contribution >= 4 is 34.3 Å². The van der Waals surface area contributed by atoms with Crippen molar-refractivity contribution < 1.29 is 9.59 Å². The van der Waals surface area contributed by atoms with Crippen LogP contribution in [0.5, 0.6) is 0 Å². The molecule has 6 nitrogen and oxygen atoms in total. The van der Waals surface area contributed by atoms with E-state index in [4.69, 9.17) is 11.6 Å². The smallest absolute Gasteiger partial charge is 0.273 e. The highest BCUT2D eigenvalue weighted by Crippen LogP contribution is 2.16. The van der Waals surface area contributed by atoms with Crippen LogP contribution in [0.15, 0.2) is 78.9 Å². The topological polar surface area (TPSA) is 86.9 Å². The van der Waals surface area contributed by atoms with Crippen LogP contribution in [0.1, 0.15) is 28.0 Å². The van der Waals surface area contributed by atoms with Crippen LogP contribution in [0.25, 0.3) is 10.9 Å². The monoisotopic (exact) mass is 460 g/mol. The van der Waals surface area contributed by atoms with Gasteiger partial charge in [0.1, 0.15) is 6.04 Å². The summed E-state index contributed by atoms with van der Waals surface area (Å²) in [6.45, 7) is 0.520. The average molecular weight is 461 g/mol. The maximum Gasteiger partial charge on any atom is 0.273 e. The van der Waals surface area contributed by atoms with Crippen LogP contribution >= 0.6 is 11.6 Å². The first-order valence-electron chi connectivity index (χ1n) is 10.9. The van der Waals surface area contributed by atoms with Crippen molar-refractivity contribution in [3.05, 3.63) is 101 Å². The zero-order chi connectivity index (χ0) is 23.0. The summed E-state index contributed by atoms with van der Waals surface area (Å²) in [5.74, 6) is -0.628. The maximum atomic E-state index is 13.0. The Morgan fingerprint density at radius 3 is 2.42 bits per heavy atom. The number of hydrogen-bond acceptors (Lipinski definition) is 3. The van der Waals surface area contributed by atoms with Crippen molar-refractivity contribution in [2.45, 2.75) is 25.3 Å². The molecule has 0 bridgehead atoms. The third-order valence-electron chi connectivity index (χ3n) is 5.44. The van der Waals surface area contributed by atoms with Crippen LogP contribution in [-0.4, -0.2) is 34.6 Å². The molecule has 1 atom stereocenters. The summed E-state index contributed by atoms with van der Waals surface area (Å²) in [7, 11) is 0. The van der Waals surface area contributed by atoms with E-state index >= 15 is 0 Å². The van der Waals surface area contributed by atoms with Gasteiger partial charge >= 0.3 is 0 Å². The molecular weight excluding hydrogens is 436 g/mol. The van der Waals surface area contributed by atoms with E-state index in [-0.39, 0.29) is 11.6 Å². The molecule has 4 aromatic rings. The number of H-pyrrole nitrogens is 1.